The van der Waals surface area contributed by atoms with Crippen molar-refractivity contribution in [2.24, 2.45) is 5.92 Å². The Hall–Kier alpha value is -0.160. The van der Waals surface area contributed by atoms with Gasteiger partial charge in [-0.2, -0.15) is 0 Å². The Kier molecular flexibility index (Phi) is 8.67. The van der Waals surface area contributed by atoms with Crippen LogP contribution in [0, 0.1) is 5.92 Å². The average Bonchev–Trinajstić information content (AvgIpc) is 3.38. The van der Waals surface area contributed by atoms with Gasteiger partial charge in [0.1, 0.15) is 0 Å². The van der Waals surface area contributed by atoms with E-state index in [1.165, 1.54) is 64.2 Å². The van der Waals surface area contributed by atoms with Crippen molar-refractivity contribution in [1.82, 2.24) is 0 Å². The van der Waals surface area contributed by atoms with Gasteiger partial charge in [0.25, 0.3) is 5.97 Å². The summed E-state index contributed by atoms with van der Waals surface area (Å²) in [6.45, 7) is 2.26. The Bertz CT molecular complexity index is 361. The zero-order chi connectivity index (χ0) is 18.2. The summed E-state index contributed by atoms with van der Waals surface area (Å²) in [4.78, 5) is 0. The van der Waals surface area contributed by atoms with Crippen LogP contribution in [-0.2, 0) is 18.9 Å². The Labute approximate surface area is 154 Å². The molecule has 2 fully saturated rings. The normalized spacial score (nSPS) is 27.1. The third kappa shape index (κ3) is 5.41. The number of rotatable bonds is 14. The van der Waals surface area contributed by atoms with E-state index in [2.05, 4.69) is 6.92 Å². The molecule has 0 radical (unpaired) electrons. The molecule has 0 aromatic carbocycles. The third-order valence-electron chi connectivity index (χ3n) is 6.40. The van der Waals surface area contributed by atoms with E-state index in [0.29, 0.717) is 6.10 Å². The number of hydrogen-bond acceptors (Lipinski definition) is 4. The van der Waals surface area contributed by atoms with Crippen molar-refractivity contribution in [2.45, 2.75) is 108 Å². The van der Waals surface area contributed by atoms with E-state index in [-0.39, 0.29) is 11.5 Å². The molecule has 1 aliphatic carbocycles. The third-order valence-corrected chi connectivity index (χ3v) is 6.40. The van der Waals surface area contributed by atoms with Crippen LogP contribution in [0.25, 0.3) is 0 Å². The molecule has 0 spiro atoms. The molecule has 0 N–H and O–H groups in total. The van der Waals surface area contributed by atoms with Gasteiger partial charge in [-0.25, -0.2) is 0 Å². The molecule has 1 heterocycles. The summed E-state index contributed by atoms with van der Waals surface area (Å²) in [5.41, 5.74) is 0.165. The lowest BCUT2D eigenvalue weighted by atomic mass is 9.82. The molecule has 1 aliphatic heterocycles. The fourth-order valence-corrected chi connectivity index (χ4v) is 4.73. The second-order valence-corrected chi connectivity index (χ2v) is 7.93. The average molecular weight is 357 g/mol. The smallest absolute Gasteiger partial charge is 0.285 e. The zero-order valence-electron chi connectivity index (χ0n) is 17.0. The van der Waals surface area contributed by atoms with Crippen molar-refractivity contribution in [2.75, 3.05) is 21.3 Å². The van der Waals surface area contributed by atoms with Gasteiger partial charge in [-0.15, -0.1) is 0 Å². The maximum atomic E-state index is 6.08. The number of methoxy groups -OCH3 is 3. The Balaban J connectivity index is 1.85. The molecular formula is C21H40O4. The van der Waals surface area contributed by atoms with E-state index in [0.717, 1.165) is 19.3 Å². The van der Waals surface area contributed by atoms with Gasteiger partial charge in [0, 0.05) is 27.2 Å². The highest BCUT2D eigenvalue weighted by atomic mass is 16.9. The molecule has 4 nitrogen and oxygen atoms in total. The molecule has 1 saturated carbocycles. The lowest BCUT2D eigenvalue weighted by molar-refractivity contribution is -0.380. The molecule has 0 aromatic rings. The van der Waals surface area contributed by atoms with Gasteiger partial charge in [-0.1, -0.05) is 58.3 Å². The van der Waals surface area contributed by atoms with Gasteiger partial charge in [-0.05, 0) is 32.1 Å². The summed E-state index contributed by atoms with van der Waals surface area (Å²) in [6, 6.07) is 0. The van der Waals surface area contributed by atoms with Crippen molar-refractivity contribution >= 4 is 0 Å². The van der Waals surface area contributed by atoms with Gasteiger partial charge in [0.15, 0.2) is 0 Å². The van der Waals surface area contributed by atoms with Crippen LogP contribution < -0.4 is 0 Å². The molecule has 3 unspecified atom stereocenters. The summed E-state index contributed by atoms with van der Waals surface area (Å²) in [6.07, 6.45) is 16.7. The molecule has 0 bridgehead atoms. The summed E-state index contributed by atoms with van der Waals surface area (Å²) in [5, 5.41) is 0. The molecule has 1 saturated heterocycles. The predicted octanol–water partition coefficient (Wildman–Crippen LogP) is 5.44. The first-order valence-electron chi connectivity index (χ1n) is 10.5. The number of hydrogen-bond donors (Lipinski definition) is 0. The molecule has 2 aliphatic rings. The highest BCUT2D eigenvalue weighted by Gasteiger charge is 2.57. The van der Waals surface area contributed by atoms with Crippen molar-refractivity contribution in [3.8, 4) is 0 Å². The van der Waals surface area contributed by atoms with Crippen LogP contribution in [-0.4, -0.2) is 39.0 Å². The van der Waals surface area contributed by atoms with E-state index in [1.54, 1.807) is 21.3 Å². The maximum Gasteiger partial charge on any atom is 0.285 e. The molecule has 0 amide bonds. The highest BCUT2D eigenvalue weighted by molar-refractivity contribution is 5.05. The first kappa shape index (κ1) is 21.1. The lowest BCUT2D eigenvalue weighted by Crippen LogP contribution is -2.44. The van der Waals surface area contributed by atoms with E-state index in [9.17, 15) is 0 Å². The molecule has 3 atom stereocenters. The second-order valence-electron chi connectivity index (χ2n) is 7.93. The first-order valence-corrected chi connectivity index (χ1v) is 10.5. The number of unbranched alkanes of at least 4 members (excludes halogenated alkanes) is 5. The topological polar surface area (TPSA) is 40.2 Å². The van der Waals surface area contributed by atoms with E-state index in [4.69, 9.17) is 18.9 Å². The molecule has 25 heavy (non-hydrogen) atoms. The molecule has 4 heteroatoms. The Morgan fingerprint density at radius 3 is 2.28 bits per heavy atom. The minimum atomic E-state index is -0.918. The van der Waals surface area contributed by atoms with Gasteiger partial charge in [0.2, 0.25) is 0 Å². The number of ether oxygens (including phenoxy) is 4. The van der Waals surface area contributed by atoms with Crippen molar-refractivity contribution < 1.29 is 18.9 Å². The fourth-order valence-electron chi connectivity index (χ4n) is 4.73. The zero-order valence-corrected chi connectivity index (χ0v) is 17.0. The maximum absolute atomic E-state index is 6.08. The summed E-state index contributed by atoms with van der Waals surface area (Å²) < 4.78 is 23.2. The quantitative estimate of drug-likeness (QED) is 0.236. The SMILES string of the molecule is CCCCCCCCC(CCC12CCCCC1O2)C(OC)(OC)OC. The van der Waals surface area contributed by atoms with E-state index >= 15 is 0 Å². The van der Waals surface area contributed by atoms with Crippen LogP contribution >= 0.6 is 0 Å². The molecule has 148 valence electrons. The molecular weight excluding hydrogens is 316 g/mol. The highest BCUT2D eigenvalue weighted by Crippen LogP contribution is 2.52. The first-order chi connectivity index (χ1) is 12.2. The van der Waals surface area contributed by atoms with Crippen molar-refractivity contribution in [3.63, 3.8) is 0 Å². The summed E-state index contributed by atoms with van der Waals surface area (Å²) in [7, 11) is 5.07. The predicted molar refractivity (Wildman–Crippen MR) is 101 cm³/mol. The van der Waals surface area contributed by atoms with Crippen LogP contribution in [0.4, 0.5) is 0 Å². The number of fused-ring (bicyclic) bond motifs is 1. The fraction of sp³-hybridized carbons (Fsp3) is 1.00. The van der Waals surface area contributed by atoms with Crippen molar-refractivity contribution in [1.29, 1.82) is 0 Å². The minimum Gasteiger partial charge on any atom is -0.366 e. The number of epoxide rings is 1. The molecule has 0 aromatic heterocycles. The van der Waals surface area contributed by atoms with Crippen LogP contribution in [0.15, 0.2) is 0 Å². The summed E-state index contributed by atoms with van der Waals surface area (Å²) >= 11 is 0. The van der Waals surface area contributed by atoms with E-state index in [1.807, 2.05) is 0 Å². The van der Waals surface area contributed by atoms with Crippen LogP contribution in [0.2, 0.25) is 0 Å². The van der Waals surface area contributed by atoms with Gasteiger partial charge in [-0.3, -0.25) is 0 Å². The summed E-state index contributed by atoms with van der Waals surface area (Å²) in [5.74, 6) is -0.668. The second kappa shape index (κ2) is 10.2. The lowest BCUT2D eigenvalue weighted by Gasteiger charge is -2.37. The largest absolute Gasteiger partial charge is 0.366 e. The van der Waals surface area contributed by atoms with Gasteiger partial charge < -0.3 is 18.9 Å². The Morgan fingerprint density at radius 2 is 1.64 bits per heavy atom. The van der Waals surface area contributed by atoms with Crippen LogP contribution in [0.5, 0.6) is 0 Å². The Morgan fingerprint density at radius 1 is 0.960 bits per heavy atom. The standard InChI is InChI=1S/C21H40O4/c1-5-6-7-8-9-10-13-18(21(22-2,23-3)24-4)15-17-20-16-12-11-14-19(20)25-20/h18-19H,5-17H2,1-4H3. The van der Waals surface area contributed by atoms with Crippen LogP contribution in [0.3, 0.4) is 0 Å². The van der Waals surface area contributed by atoms with Crippen LogP contribution in [0.1, 0.15) is 90.4 Å². The van der Waals surface area contributed by atoms with Gasteiger partial charge >= 0.3 is 0 Å². The van der Waals surface area contributed by atoms with E-state index < -0.39 is 5.97 Å². The minimum absolute atomic E-state index is 0.165. The monoisotopic (exact) mass is 356 g/mol. The molecule has 2 rings (SSSR count). The van der Waals surface area contributed by atoms with Gasteiger partial charge in [0.05, 0.1) is 11.7 Å². The van der Waals surface area contributed by atoms with Crippen molar-refractivity contribution in [3.05, 3.63) is 0 Å².